The van der Waals surface area contributed by atoms with Crippen LogP contribution in [0, 0.1) is 50.5 Å². The lowest BCUT2D eigenvalue weighted by Crippen LogP contribution is -2.50. The Kier molecular flexibility index (Phi) is 5.72. The minimum atomic E-state index is -0.254. The van der Waals surface area contributed by atoms with Crippen molar-refractivity contribution in [2.45, 2.75) is 98.3 Å². The van der Waals surface area contributed by atoms with Crippen LogP contribution in [0.25, 0.3) is 0 Å². The maximum Gasteiger partial charge on any atom is 0.239 e. The van der Waals surface area contributed by atoms with Crippen molar-refractivity contribution >= 4 is 0 Å². The van der Waals surface area contributed by atoms with Crippen molar-refractivity contribution in [1.82, 2.24) is 0 Å². The first-order valence-corrected chi connectivity index (χ1v) is 12.3. The molecule has 4 aliphatic carbocycles. The van der Waals surface area contributed by atoms with Crippen molar-refractivity contribution < 1.29 is 4.92 Å². The fourth-order valence-corrected chi connectivity index (χ4v) is 8.50. The quantitative estimate of drug-likeness (QED) is 0.272. The van der Waals surface area contributed by atoms with Gasteiger partial charge in [-0.1, -0.05) is 38.8 Å². The maximum absolute atomic E-state index is 10.9. The molecule has 0 saturated heterocycles. The summed E-state index contributed by atoms with van der Waals surface area (Å²) < 4.78 is 0. The molecule has 0 unspecified atom stereocenters. The van der Waals surface area contributed by atoms with Crippen LogP contribution in [0.4, 0.5) is 0 Å². The van der Waals surface area contributed by atoms with Gasteiger partial charge in [0.05, 0.1) is 4.92 Å². The Hall–Kier alpha value is -1.12. The summed E-state index contributed by atoms with van der Waals surface area (Å²) in [6.07, 6.45) is 19.0. The van der Waals surface area contributed by atoms with E-state index in [-0.39, 0.29) is 4.92 Å². The highest BCUT2D eigenvalue weighted by Crippen LogP contribution is 2.67. The van der Waals surface area contributed by atoms with Crippen LogP contribution in [0.2, 0.25) is 0 Å². The summed E-state index contributed by atoms with van der Waals surface area (Å²) in [6, 6.07) is 0. The van der Waals surface area contributed by atoms with Crippen LogP contribution >= 0.6 is 0 Å². The topological polar surface area (TPSA) is 43.1 Å². The molecule has 3 saturated carbocycles. The van der Waals surface area contributed by atoms with Crippen LogP contribution in [0.1, 0.15) is 98.3 Å². The van der Waals surface area contributed by atoms with E-state index in [4.69, 9.17) is 0 Å². The maximum atomic E-state index is 10.9. The number of rotatable bonds is 5. The zero-order valence-corrected chi connectivity index (χ0v) is 19.1. The van der Waals surface area contributed by atoms with Gasteiger partial charge in [-0.05, 0) is 111 Å². The standard InChI is InChI=1S/C26H41NO2/c1-18(8-7-9-19(2)27(28)29)22-13-14-23-21-12-11-20-10-5-6-16-25(20,3)24(21)15-17-26(22,23)4/h9,11,18,21-24H,5-8,10,12-17H2,1-4H3/t18-,21+,22-,23+,24+,25+,26-/m1/s1. The third-order valence-electron chi connectivity index (χ3n) is 10.1. The molecule has 0 amide bonds. The van der Waals surface area contributed by atoms with E-state index < -0.39 is 0 Å². The predicted molar refractivity (Wildman–Crippen MR) is 119 cm³/mol. The van der Waals surface area contributed by atoms with E-state index in [0.717, 1.165) is 36.5 Å². The molecule has 3 heteroatoms. The Bertz CT molecular complexity index is 709. The highest BCUT2D eigenvalue weighted by atomic mass is 16.6. The van der Waals surface area contributed by atoms with Gasteiger partial charge < -0.3 is 0 Å². The highest BCUT2D eigenvalue weighted by molar-refractivity contribution is 5.24. The second-order valence-corrected chi connectivity index (χ2v) is 11.4. The van der Waals surface area contributed by atoms with Crippen LogP contribution in [-0.4, -0.2) is 4.92 Å². The second-order valence-electron chi connectivity index (χ2n) is 11.4. The van der Waals surface area contributed by atoms with Crippen molar-refractivity contribution in [2.24, 2.45) is 40.4 Å². The summed E-state index contributed by atoms with van der Waals surface area (Å²) in [5.41, 5.74) is 3.10. The number of nitrogens with zero attached hydrogens (tertiary/aromatic N) is 1. The second kappa shape index (κ2) is 7.85. The summed E-state index contributed by atoms with van der Waals surface area (Å²) >= 11 is 0. The number of nitro groups is 1. The molecule has 0 bridgehead atoms. The Labute approximate surface area is 177 Å². The Morgan fingerprint density at radius 3 is 2.79 bits per heavy atom. The van der Waals surface area contributed by atoms with Crippen molar-refractivity contribution in [3.8, 4) is 0 Å². The summed E-state index contributed by atoms with van der Waals surface area (Å²) in [5, 5.41) is 10.9. The van der Waals surface area contributed by atoms with Crippen LogP contribution in [0.3, 0.4) is 0 Å². The molecule has 162 valence electrons. The molecule has 3 fully saturated rings. The van der Waals surface area contributed by atoms with Gasteiger partial charge in [-0.25, -0.2) is 0 Å². The van der Waals surface area contributed by atoms with Gasteiger partial charge in [0.2, 0.25) is 5.70 Å². The van der Waals surface area contributed by atoms with Crippen LogP contribution in [-0.2, 0) is 0 Å². The molecule has 0 spiro atoms. The lowest BCUT2D eigenvalue weighted by Gasteiger charge is -2.58. The molecule has 29 heavy (non-hydrogen) atoms. The molecule has 0 aromatic carbocycles. The summed E-state index contributed by atoms with van der Waals surface area (Å²) in [5.74, 6) is 4.16. The lowest BCUT2D eigenvalue weighted by molar-refractivity contribution is -0.424. The van der Waals surface area contributed by atoms with E-state index in [1.54, 1.807) is 6.92 Å². The zero-order chi connectivity index (χ0) is 20.8. The lowest BCUT2D eigenvalue weighted by atomic mass is 9.47. The van der Waals surface area contributed by atoms with E-state index in [1.807, 2.05) is 11.6 Å². The van der Waals surface area contributed by atoms with E-state index in [0.29, 0.717) is 22.4 Å². The van der Waals surface area contributed by atoms with E-state index in [1.165, 1.54) is 57.8 Å². The largest absolute Gasteiger partial charge is 0.259 e. The van der Waals surface area contributed by atoms with Crippen molar-refractivity contribution in [2.75, 3.05) is 0 Å². The van der Waals surface area contributed by atoms with Crippen molar-refractivity contribution in [3.05, 3.63) is 33.5 Å². The number of hydrogen-bond acceptors (Lipinski definition) is 2. The molecule has 0 heterocycles. The van der Waals surface area contributed by atoms with E-state index in [2.05, 4.69) is 26.8 Å². The molecule has 0 aromatic heterocycles. The Balaban J connectivity index is 1.47. The van der Waals surface area contributed by atoms with Gasteiger partial charge in [0, 0.05) is 6.92 Å². The first-order valence-electron chi connectivity index (χ1n) is 12.3. The van der Waals surface area contributed by atoms with Gasteiger partial charge in [-0.2, -0.15) is 0 Å². The third kappa shape index (κ3) is 3.51. The van der Waals surface area contributed by atoms with Gasteiger partial charge in [-0.3, -0.25) is 10.1 Å². The van der Waals surface area contributed by atoms with Crippen LogP contribution in [0.15, 0.2) is 23.4 Å². The monoisotopic (exact) mass is 399 g/mol. The fourth-order valence-electron chi connectivity index (χ4n) is 8.50. The van der Waals surface area contributed by atoms with Crippen molar-refractivity contribution in [1.29, 1.82) is 0 Å². The van der Waals surface area contributed by atoms with Crippen LogP contribution < -0.4 is 0 Å². The third-order valence-corrected chi connectivity index (χ3v) is 10.1. The molecule has 4 rings (SSSR count). The fraction of sp³-hybridized carbons (Fsp3) is 0.846. The molecule has 4 aliphatic rings. The van der Waals surface area contributed by atoms with E-state index >= 15 is 0 Å². The van der Waals surface area contributed by atoms with E-state index in [9.17, 15) is 10.1 Å². The molecule has 3 nitrogen and oxygen atoms in total. The predicted octanol–water partition coefficient (Wildman–Crippen LogP) is 7.55. The SMILES string of the molecule is CC(=CCC[C@@H](C)[C@H]1CC[C@H]2[C@@H]3CC=C4CCCC[C@]4(C)[C@H]3CC[C@]12C)[N+](=O)[O-]. The summed E-state index contributed by atoms with van der Waals surface area (Å²) in [7, 11) is 0. The van der Waals surface area contributed by atoms with Crippen LogP contribution in [0.5, 0.6) is 0 Å². The van der Waals surface area contributed by atoms with Gasteiger partial charge >= 0.3 is 0 Å². The molecule has 7 atom stereocenters. The number of hydrogen-bond donors (Lipinski definition) is 0. The van der Waals surface area contributed by atoms with Gasteiger partial charge in [-0.15, -0.1) is 0 Å². The minimum Gasteiger partial charge on any atom is -0.259 e. The van der Waals surface area contributed by atoms with Gasteiger partial charge in [0.15, 0.2) is 0 Å². The normalized spacial score (nSPS) is 43.0. The summed E-state index contributed by atoms with van der Waals surface area (Å²) in [4.78, 5) is 10.6. The average Bonchev–Trinajstić information content (AvgIpc) is 3.04. The minimum absolute atomic E-state index is 0.254. The molecule has 0 aliphatic heterocycles. The molecular weight excluding hydrogens is 358 g/mol. The summed E-state index contributed by atoms with van der Waals surface area (Å²) in [6.45, 7) is 9.26. The Morgan fingerprint density at radius 2 is 2.03 bits per heavy atom. The molecular formula is C26H41NO2. The average molecular weight is 400 g/mol. The van der Waals surface area contributed by atoms with Gasteiger partial charge in [0.25, 0.3) is 0 Å². The number of fused-ring (bicyclic) bond motifs is 5. The Morgan fingerprint density at radius 1 is 1.24 bits per heavy atom. The smallest absolute Gasteiger partial charge is 0.239 e. The first-order chi connectivity index (χ1) is 13.8. The van der Waals surface area contributed by atoms with Crippen molar-refractivity contribution in [3.63, 3.8) is 0 Å². The zero-order valence-electron chi connectivity index (χ0n) is 19.1. The molecule has 0 N–H and O–H groups in total. The molecule has 0 aromatic rings. The van der Waals surface area contributed by atoms with Gasteiger partial charge in [0.1, 0.15) is 0 Å². The highest BCUT2D eigenvalue weighted by Gasteiger charge is 2.58. The first kappa shape index (κ1) is 21.1. The molecule has 0 radical (unpaired) electrons. The number of allylic oxidation sites excluding steroid dienone is 4.